The molecule has 280 valence electrons. The lowest BCUT2D eigenvalue weighted by Crippen LogP contribution is -2.28. The number of fused-ring (bicyclic) bond motifs is 8. The Hall–Kier alpha value is -7.95. The zero-order valence-corrected chi connectivity index (χ0v) is 32.5. The molecule has 1 aliphatic carbocycles. The Balaban J connectivity index is 1.11. The van der Waals surface area contributed by atoms with Gasteiger partial charge in [-0.05, 0) is 67.9 Å². The van der Waals surface area contributed by atoms with Gasteiger partial charge in [-0.25, -0.2) is 15.0 Å². The highest BCUT2D eigenvalue weighted by Gasteiger charge is 2.48. The summed E-state index contributed by atoms with van der Waals surface area (Å²) in [5.41, 5.74) is 13.3. The lowest BCUT2D eigenvalue weighted by atomic mass is 9.67. The Bertz CT molecular complexity index is 3360. The van der Waals surface area contributed by atoms with Crippen molar-refractivity contribution in [1.82, 2.24) is 15.0 Å². The summed E-state index contributed by atoms with van der Waals surface area (Å²) in [7, 11) is 0. The van der Waals surface area contributed by atoms with Crippen molar-refractivity contribution < 1.29 is 4.42 Å². The number of aromatic nitrogens is 3. The predicted molar refractivity (Wildman–Crippen MR) is 244 cm³/mol. The average Bonchev–Trinajstić information content (AvgIpc) is 3.86. The first-order valence-electron chi connectivity index (χ1n) is 20.4. The van der Waals surface area contributed by atoms with Crippen LogP contribution in [0.3, 0.4) is 0 Å². The largest absolute Gasteiger partial charge is 0.455 e. The fraction of sp³-hybridized carbons (Fsp3) is 0.0179. The second-order valence-electron chi connectivity index (χ2n) is 15.5. The van der Waals surface area contributed by atoms with Crippen molar-refractivity contribution in [3.05, 3.63) is 235 Å². The van der Waals surface area contributed by atoms with Gasteiger partial charge in [-0.15, -0.1) is 0 Å². The third-order valence-corrected chi connectivity index (χ3v) is 12.2. The van der Waals surface area contributed by atoms with E-state index in [0.717, 1.165) is 55.3 Å². The standard InChI is InChI=1S/C56H35N3O/c1-4-17-38(18-5-1)53-57-54(39-19-6-2-7-20-39)59-55(58-53)40-30-28-37(29-31-40)46-35-48-51(52-50(46)45-25-13-15-27-49(45)60-52)44-24-12-14-26-47(44)56(48,42-22-8-3-9-23-42)43-33-32-36-16-10-11-21-41(36)34-43/h1-35H. The van der Waals surface area contributed by atoms with Crippen LogP contribution in [0.15, 0.2) is 217 Å². The van der Waals surface area contributed by atoms with Crippen molar-refractivity contribution in [2.45, 2.75) is 5.41 Å². The zero-order valence-electron chi connectivity index (χ0n) is 32.5. The molecule has 12 rings (SSSR count). The van der Waals surface area contributed by atoms with E-state index < -0.39 is 5.41 Å². The maximum absolute atomic E-state index is 7.03. The maximum atomic E-state index is 7.03. The molecule has 0 spiro atoms. The Labute approximate surface area is 347 Å². The van der Waals surface area contributed by atoms with Gasteiger partial charge in [-0.3, -0.25) is 0 Å². The highest BCUT2D eigenvalue weighted by molar-refractivity contribution is 6.18. The number of nitrogens with zero attached hydrogens (tertiary/aromatic N) is 3. The highest BCUT2D eigenvalue weighted by Crippen LogP contribution is 2.60. The van der Waals surface area contributed by atoms with E-state index in [1.54, 1.807) is 0 Å². The number of para-hydroxylation sites is 1. The third-order valence-electron chi connectivity index (χ3n) is 12.2. The van der Waals surface area contributed by atoms with Crippen LogP contribution in [0.2, 0.25) is 0 Å². The molecule has 1 aliphatic rings. The monoisotopic (exact) mass is 765 g/mol. The van der Waals surface area contributed by atoms with Gasteiger partial charge in [-0.1, -0.05) is 194 Å². The molecule has 0 aliphatic heterocycles. The van der Waals surface area contributed by atoms with Crippen LogP contribution in [0.5, 0.6) is 0 Å². The summed E-state index contributed by atoms with van der Waals surface area (Å²) in [5, 5.41) is 4.62. The molecule has 0 N–H and O–H groups in total. The molecule has 0 amide bonds. The van der Waals surface area contributed by atoms with Crippen LogP contribution in [0.25, 0.3) is 89.1 Å². The topological polar surface area (TPSA) is 51.8 Å². The van der Waals surface area contributed by atoms with Crippen LogP contribution in [0.1, 0.15) is 22.3 Å². The van der Waals surface area contributed by atoms with Crippen LogP contribution >= 0.6 is 0 Å². The van der Waals surface area contributed by atoms with Gasteiger partial charge in [0, 0.05) is 33.0 Å². The summed E-state index contributed by atoms with van der Waals surface area (Å²) >= 11 is 0. The molecular weight excluding hydrogens is 731 g/mol. The third kappa shape index (κ3) is 5.21. The number of furan rings is 1. The summed E-state index contributed by atoms with van der Waals surface area (Å²) in [6.07, 6.45) is 0. The summed E-state index contributed by atoms with van der Waals surface area (Å²) in [4.78, 5) is 15.0. The zero-order chi connectivity index (χ0) is 39.6. The molecule has 0 radical (unpaired) electrons. The molecule has 2 aromatic heterocycles. The van der Waals surface area contributed by atoms with E-state index in [9.17, 15) is 0 Å². The summed E-state index contributed by atoms with van der Waals surface area (Å²) in [5.74, 6) is 1.90. The van der Waals surface area contributed by atoms with E-state index in [-0.39, 0.29) is 0 Å². The Kier molecular flexibility index (Phi) is 7.72. The average molecular weight is 766 g/mol. The van der Waals surface area contributed by atoms with Crippen LogP contribution < -0.4 is 0 Å². The molecule has 2 heterocycles. The fourth-order valence-electron chi connectivity index (χ4n) is 9.50. The molecule has 0 fully saturated rings. The molecule has 1 unspecified atom stereocenters. The van der Waals surface area contributed by atoms with E-state index >= 15 is 0 Å². The van der Waals surface area contributed by atoms with E-state index in [1.165, 1.54) is 38.6 Å². The van der Waals surface area contributed by atoms with Crippen LogP contribution in [0.4, 0.5) is 0 Å². The van der Waals surface area contributed by atoms with Gasteiger partial charge >= 0.3 is 0 Å². The normalized spacial score (nSPS) is 14.4. The first kappa shape index (κ1) is 34.1. The lowest BCUT2D eigenvalue weighted by molar-refractivity contribution is 0.669. The summed E-state index contributed by atoms with van der Waals surface area (Å²) in [6.45, 7) is 0. The highest BCUT2D eigenvalue weighted by atomic mass is 16.3. The van der Waals surface area contributed by atoms with Crippen LogP contribution in [0, 0.1) is 0 Å². The molecule has 0 saturated heterocycles. The SMILES string of the molecule is c1ccc(-c2nc(-c3ccccc3)nc(-c3ccc(-c4cc5c(c6oc7ccccc7c46)-c4ccccc4C5(c4ccccc4)c4ccc5ccccc5c4)cc3)n2)cc1. The van der Waals surface area contributed by atoms with E-state index in [2.05, 4.69) is 152 Å². The first-order chi connectivity index (χ1) is 29.7. The van der Waals surface area contributed by atoms with Crippen molar-refractivity contribution in [3.8, 4) is 56.4 Å². The van der Waals surface area contributed by atoms with Crippen molar-refractivity contribution >= 4 is 32.7 Å². The quantitative estimate of drug-likeness (QED) is 0.169. The molecule has 9 aromatic carbocycles. The Morgan fingerprint density at radius 2 is 0.917 bits per heavy atom. The van der Waals surface area contributed by atoms with Gasteiger partial charge in [-0.2, -0.15) is 0 Å². The molecule has 60 heavy (non-hydrogen) atoms. The maximum Gasteiger partial charge on any atom is 0.164 e. The van der Waals surface area contributed by atoms with Gasteiger partial charge in [0.1, 0.15) is 11.2 Å². The molecule has 1 atom stereocenters. The van der Waals surface area contributed by atoms with Gasteiger partial charge in [0.2, 0.25) is 0 Å². The number of benzene rings is 9. The molecular formula is C56H35N3O. The minimum Gasteiger partial charge on any atom is -0.455 e. The van der Waals surface area contributed by atoms with Gasteiger partial charge in [0.25, 0.3) is 0 Å². The molecule has 11 aromatic rings. The predicted octanol–water partition coefficient (Wildman–Crippen LogP) is 14.0. The number of hydrogen-bond acceptors (Lipinski definition) is 4. The summed E-state index contributed by atoms with van der Waals surface area (Å²) < 4.78 is 7.03. The smallest absolute Gasteiger partial charge is 0.164 e. The van der Waals surface area contributed by atoms with Crippen molar-refractivity contribution in [1.29, 1.82) is 0 Å². The van der Waals surface area contributed by atoms with Gasteiger partial charge in [0.15, 0.2) is 17.5 Å². The number of hydrogen-bond donors (Lipinski definition) is 0. The Morgan fingerprint density at radius 3 is 1.62 bits per heavy atom. The van der Waals surface area contributed by atoms with Crippen molar-refractivity contribution in [2.75, 3.05) is 0 Å². The molecule has 0 saturated carbocycles. The minimum absolute atomic E-state index is 0.619. The van der Waals surface area contributed by atoms with E-state index in [4.69, 9.17) is 19.4 Å². The second kappa shape index (κ2) is 13.6. The van der Waals surface area contributed by atoms with Crippen molar-refractivity contribution in [2.24, 2.45) is 0 Å². The lowest BCUT2D eigenvalue weighted by Gasteiger charge is -2.34. The summed E-state index contributed by atoms with van der Waals surface area (Å²) in [6, 6.07) is 75.2. The number of rotatable bonds is 6. The molecule has 4 nitrogen and oxygen atoms in total. The van der Waals surface area contributed by atoms with E-state index in [1.807, 2.05) is 60.7 Å². The van der Waals surface area contributed by atoms with Gasteiger partial charge < -0.3 is 4.42 Å². The van der Waals surface area contributed by atoms with Gasteiger partial charge in [0.05, 0.1) is 5.41 Å². The van der Waals surface area contributed by atoms with E-state index in [0.29, 0.717) is 17.5 Å². The van der Waals surface area contributed by atoms with Crippen LogP contribution in [-0.2, 0) is 5.41 Å². The van der Waals surface area contributed by atoms with Crippen molar-refractivity contribution in [3.63, 3.8) is 0 Å². The second-order valence-corrected chi connectivity index (χ2v) is 15.5. The molecule has 0 bridgehead atoms. The van der Waals surface area contributed by atoms with Crippen LogP contribution in [-0.4, -0.2) is 15.0 Å². The molecule has 4 heteroatoms. The fourth-order valence-corrected chi connectivity index (χ4v) is 9.50. The Morgan fingerprint density at radius 1 is 0.367 bits per heavy atom. The minimum atomic E-state index is -0.619. The first-order valence-corrected chi connectivity index (χ1v) is 20.4.